The highest BCUT2D eigenvalue weighted by atomic mass is 14.1. The van der Waals surface area contributed by atoms with Gasteiger partial charge in [-0.1, -0.05) is 123 Å². The molecule has 0 saturated carbocycles. The molecular weight excluding hydrogens is 288 g/mol. The normalized spacial score (nSPS) is 13.0. The van der Waals surface area contributed by atoms with Crippen LogP contribution in [0.5, 0.6) is 0 Å². The molecule has 0 aliphatic rings. The van der Waals surface area contributed by atoms with Crippen molar-refractivity contribution in [1.29, 1.82) is 0 Å². The Morgan fingerprint density at radius 2 is 1.00 bits per heavy atom. The van der Waals surface area contributed by atoms with Crippen LogP contribution in [0.15, 0.2) is 12.2 Å². The minimum absolute atomic E-state index is 0.987. The highest BCUT2D eigenvalue weighted by Crippen LogP contribution is 2.21. The van der Waals surface area contributed by atoms with Gasteiger partial charge in [0.15, 0.2) is 0 Å². The Balaban J connectivity index is 3.35. The van der Waals surface area contributed by atoms with E-state index in [-0.39, 0.29) is 0 Å². The van der Waals surface area contributed by atoms with Crippen molar-refractivity contribution in [2.24, 2.45) is 5.92 Å². The van der Waals surface area contributed by atoms with Gasteiger partial charge in [-0.3, -0.25) is 0 Å². The molecule has 24 heavy (non-hydrogen) atoms. The largest absolute Gasteiger partial charge is 0.0885 e. The van der Waals surface area contributed by atoms with Gasteiger partial charge in [-0.05, 0) is 31.6 Å². The fourth-order valence-corrected chi connectivity index (χ4v) is 3.42. The van der Waals surface area contributed by atoms with Gasteiger partial charge in [0, 0.05) is 0 Å². The maximum absolute atomic E-state index is 3.92. The molecule has 0 aromatic heterocycles. The Hall–Kier alpha value is -0.260. The van der Waals surface area contributed by atoms with Crippen molar-refractivity contribution >= 4 is 0 Å². The van der Waals surface area contributed by atoms with E-state index in [9.17, 15) is 0 Å². The summed E-state index contributed by atoms with van der Waals surface area (Å²) >= 11 is 0. The Morgan fingerprint density at radius 3 is 1.50 bits per heavy atom. The first-order chi connectivity index (χ1) is 11.8. The number of hydrogen-bond acceptors (Lipinski definition) is 0. The molecule has 0 rings (SSSR count). The molecule has 0 saturated heterocycles. The van der Waals surface area contributed by atoms with E-state index in [1.165, 1.54) is 103 Å². The first-order valence-corrected chi connectivity index (χ1v) is 11.1. The van der Waals surface area contributed by atoms with E-state index < -0.39 is 0 Å². The monoisotopic (exact) mass is 334 g/mol. The Morgan fingerprint density at radius 1 is 0.583 bits per heavy atom. The van der Waals surface area contributed by atoms with Gasteiger partial charge in [-0.25, -0.2) is 0 Å². The summed E-state index contributed by atoms with van der Waals surface area (Å²) in [7, 11) is 0. The Kier molecular flexibility index (Phi) is 20.6. The second-order valence-electron chi connectivity index (χ2n) is 7.50. The summed E-state index contributed by atoms with van der Waals surface area (Å²) in [6.07, 6.45) is 29.2. The summed E-state index contributed by atoms with van der Waals surface area (Å²) in [5.41, 5.74) is 0. The van der Waals surface area contributed by atoms with Crippen LogP contribution < -0.4 is 0 Å². The minimum atomic E-state index is 0.987. The van der Waals surface area contributed by atoms with E-state index in [1.54, 1.807) is 0 Å². The molecule has 0 nitrogen and oxygen atoms in total. The van der Waals surface area contributed by atoms with Crippen molar-refractivity contribution in [3.05, 3.63) is 26.0 Å². The SMILES string of the molecule is [CH2]CCCCCC=CCCCCCC(CC)CCCCCCC[CH2]. The second kappa shape index (κ2) is 20.8. The number of allylic oxidation sites excluding steroid dienone is 2. The van der Waals surface area contributed by atoms with Gasteiger partial charge < -0.3 is 0 Å². The molecule has 0 heteroatoms. The smallest absolute Gasteiger partial charge is 0.0351 e. The van der Waals surface area contributed by atoms with E-state index in [2.05, 4.69) is 32.9 Å². The minimum Gasteiger partial charge on any atom is -0.0885 e. The Labute approximate surface area is 154 Å². The summed E-state index contributed by atoms with van der Waals surface area (Å²) in [6.45, 7) is 10.2. The fraction of sp³-hybridized carbons (Fsp3) is 0.833. The fourth-order valence-electron chi connectivity index (χ4n) is 3.42. The van der Waals surface area contributed by atoms with Crippen LogP contribution in [0.25, 0.3) is 0 Å². The van der Waals surface area contributed by atoms with E-state index >= 15 is 0 Å². The van der Waals surface area contributed by atoms with Crippen LogP contribution in [0.4, 0.5) is 0 Å². The van der Waals surface area contributed by atoms with Gasteiger partial charge in [-0.2, -0.15) is 0 Å². The lowest BCUT2D eigenvalue weighted by molar-refractivity contribution is 0.395. The van der Waals surface area contributed by atoms with Crippen molar-refractivity contribution < 1.29 is 0 Å². The number of rotatable bonds is 19. The van der Waals surface area contributed by atoms with E-state index in [1.807, 2.05) is 0 Å². The molecule has 0 amide bonds. The third-order valence-electron chi connectivity index (χ3n) is 5.21. The topological polar surface area (TPSA) is 0 Å². The van der Waals surface area contributed by atoms with Gasteiger partial charge in [0.2, 0.25) is 0 Å². The molecule has 0 aromatic carbocycles. The van der Waals surface area contributed by atoms with Gasteiger partial charge >= 0.3 is 0 Å². The quantitative estimate of drug-likeness (QED) is 0.163. The van der Waals surface area contributed by atoms with Crippen LogP contribution in [0, 0.1) is 19.8 Å². The summed E-state index contributed by atoms with van der Waals surface area (Å²) in [6, 6.07) is 0. The van der Waals surface area contributed by atoms with Crippen LogP contribution in [0.2, 0.25) is 0 Å². The highest BCUT2D eigenvalue weighted by molar-refractivity contribution is 4.81. The number of hydrogen-bond donors (Lipinski definition) is 0. The third kappa shape index (κ3) is 18.1. The molecule has 1 unspecified atom stereocenters. The zero-order valence-corrected chi connectivity index (χ0v) is 16.9. The standard InChI is InChI=1S/C24H46/c1-4-7-9-11-13-14-15-16-17-19-21-23-24(6-3)22-20-18-12-10-8-5-2/h14-15,24H,1-2,4-13,16-23H2,3H3. The summed E-state index contributed by atoms with van der Waals surface area (Å²) in [5.74, 6) is 0.987. The van der Waals surface area contributed by atoms with Crippen LogP contribution in [-0.4, -0.2) is 0 Å². The Bertz CT molecular complexity index is 240. The lowest BCUT2D eigenvalue weighted by atomic mass is 9.92. The first-order valence-electron chi connectivity index (χ1n) is 11.1. The molecule has 0 aliphatic heterocycles. The molecule has 0 spiro atoms. The van der Waals surface area contributed by atoms with Crippen molar-refractivity contribution in [1.82, 2.24) is 0 Å². The van der Waals surface area contributed by atoms with Crippen LogP contribution >= 0.6 is 0 Å². The lowest BCUT2D eigenvalue weighted by Gasteiger charge is -2.14. The molecule has 1 atom stereocenters. The first kappa shape index (κ1) is 23.7. The van der Waals surface area contributed by atoms with E-state index in [0.717, 1.165) is 18.8 Å². The molecule has 0 bridgehead atoms. The zero-order valence-electron chi connectivity index (χ0n) is 16.9. The summed E-state index contributed by atoms with van der Waals surface area (Å²) < 4.78 is 0. The van der Waals surface area contributed by atoms with Gasteiger partial charge in [0.05, 0.1) is 0 Å². The molecule has 0 N–H and O–H groups in total. The zero-order chi connectivity index (χ0) is 17.7. The van der Waals surface area contributed by atoms with Crippen LogP contribution in [0.3, 0.4) is 0 Å². The molecular formula is C24H46. The predicted octanol–water partition coefficient (Wildman–Crippen LogP) is 8.87. The van der Waals surface area contributed by atoms with Crippen LogP contribution in [-0.2, 0) is 0 Å². The summed E-state index contributed by atoms with van der Waals surface area (Å²) in [5, 5.41) is 0. The average molecular weight is 335 g/mol. The molecule has 0 heterocycles. The second-order valence-corrected chi connectivity index (χ2v) is 7.50. The average Bonchev–Trinajstić information content (AvgIpc) is 2.60. The van der Waals surface area contributed by atoms with E-state index in [0.29, 0.717) is 0 Å². The van der Waals surface area contributed by atoms with Crippen molar-refractivity contribution in [2.45, 2.75) is 122 Å². The molecule has 2 radical (unpaired) electrons. The summed E-state index contributed by atoms with van der Waals surface area (Å²) in [4.78, 5) is 0. The molecule has 0 aliphatic carbocycles. The molecule has 0 fully saturated rings. The maximum Gasteiger partial charge on any atom is -0.0351 e. The number of unbranched alkanes of at least 4 members (excludes halogenated alkanes) is 12. The molecule has 0 aromatic rings. The maximum atomic E-state index is 3.92. The van der Waals surface area contributed by atoms with Gasteiger partial charge in [0.25, 0.3) is 0 Å². The third-order valence-corrected chi connectivity index (χ3v) is 5.21. The predicted molar refractivity (Wildman–Crippen MR) is 112 cm³/mol. The van der Waals surface area contributed by atoms with Crippen molar-refractivity contribution in [2.75, 3.05) is 0 Å². The van der Waals surface area contributed by atoms with Gasteiger partial charge in [0.1, 0.15) is 0 Å². The van der Waals surface area contributed by atoms with Crippen molar-refractivity contribution in [3.63, 3.8) is 0 Å². The highest BCUT2D eigenvalue weighted by Gasteiger charge is 2.05. The van der Waals surface area contributed by atoms with Gasteiger partial charge in [-0.15, -0.1) is 0 Å². The van der Waals surface area contributed by atoms with Crippen LogP contribution in [0.1, 0.15) is 122 Å². The lowest BCUT2D eigenvalue weighted by Crippen LogP contribution is -1.99. The molecule has 142 valence electrons. The van der Waals surface area contributed by atoms with E-state index in [4.69, 9.17) is 0 Å². The van der Waals surface area contributed by atoms with Crippen molar-refractivity contribution in [3.8, 4) is 0 Å².